The van der Waals surface area contributed by atoms with Crippen LogP contribution in [0.2, 0.25) is 0 Å². The maximum absolute atomic E-state index is 12.2. The number of carbonyl (C=O) groups excluding carboxylic acids is 2. The van der Waals surface area contributed by atoms with Crippen LogP contribution < -0.4 is 10.1 Å². The minimum Gasteiger partial charge on any atom is -0.508 e. The highest BCUT2D eigenvalue weighted by atomic mass is 16.5. The first-order chi connectivity index (χ1) is 13.0. The molecule has 0 saturated heterocycles. The molecule has 0 bridgehead atoms. The number of hydrogen-bond donors (Lipinski definition) is 2. The van der Waals surface area contributed by atoms with Gasteiger partial charge >= 0.3 is 5.97 Å². The zero-order valence-electron chi connectivity index (χ0n) is 14.9. The molecule has 140 valence electrons. The van der Waals surface area contributed by atoms with Gasteiger partial charge in [0.05, 0.1) is 19.8 Å². The summed E-state index contributed by atoms with van der Waals surface area (Å²) in [5, 5.41) is 12.8. The van der Waals surface area contributed by atoms with E-state index in [1.54, 1.807) is 37.4 Å². The quantitative estimate of drug-likeness (QED) is 0.647. The third kappa shape index (κ3) is 4.38. The van der Waals surface area contributed by atoms with E-state index in [2.05, 4.69) is 5.32 Å². The van der Waals surface area contributed by atoms with Gasteiger partial charge in [-0.15, -0.1) is 0 Å². The number of methoxy groups -OCH3 is 1. The molecule has 7 nitrogen and oxygen atoms in total. The van der Waals surface area contributed by atoms with Crippen molar-refractivity contribution in [3.05, 3.63) is 54.3 Å². The second kappa shape index (κ2) is 7.82. The number of benzene rings is 2. The topological polar surface area (TPSA) is 98.0 Å². The van der Waals surface area contributed by atoms with Gasteiger partial charge in [-0.3, -0.25) is 9.59 Å². The summed E-state index contributed by atoms with van der Waals surface area (Å²) in [6.45, 7) is 1.50. The predicted molar refractivity (Wildman–Crippen MR) is 98.8 cm³/mol. The van der Waals surface area contributed by atoms with E-state index in [9.17, 15) is 14.7 Å². The van der Waals surface area contributed by atoms with Crippen LogP contribution in [0, 0.1) is 0 Å². The van der Waals surface area contributed by atoms with Gasteiger partial charge in [-0.25, -0.2) is 0 Å². The molecule has 1 heterocycles. The van der Waals surface area contributed by atoms with Crippen LogP contribution in [0.15, 0.2) is 53.1 Å². The molecule has 0 fully saturated rings. The first kappa shape index (κ1) is 18.3. The average Bonchev–Trinajstić information content (AvgIpc) is 3.03. The number of fused-ring (bicyclic) bond motifs is 1. The van der Waals surface area contributed by atoms with E-state index in [0.29, 0.717) is 28.0 Å². The van der Waals surface area contributed by atoms with Gasteiger partial charge in [0.25, 0.3) is 5.91 Å². The maximum atomic E-state index is 12.2. The molecule has 1 amide bonds. The zero-order valence-corrected chi connectivity index (χ0v) is 14.9. The van der Waals surface area contributed by atoms with Gasteiger partial charge in [-0.1, -0.05) is 0 Å². The number of anilines is 1. The number of amides is 1. The number of phenols is 1. The van der Waals surface area contributed by atoms with Gasteiger partial charge in [-0.2, -0.15) is 0 Å². The van der Waals surface area contributed by atoms with E-state index in [-0.39, 0.29) is 12.2 Å². The van der Waals surface area contributed by atoms with Crippen LogP contribution in [0.1, 0.15) is 12.5 Å². The van der Waals surface area contributed by atoms with E-state index < -0.39 is 18.0 Å². The standard InChI is InChI=1S/C20H19NO6/c1-12(20(24)21-14-3-6-16(25-2)7-4-14)27-19(23)9-13-11-26-18-10-15(22)5-8-17(13)18/h3-8,10-12,22H,9H2,1-2H3,(H,21,24)/t12-/m1/s1. The summed E-state index contributed by atoms with van der Waals surface area (Å²) >= 11 is 0. The Kier molecular flexibility index (Phi) is 5.30. The van der Waals surface area contributed by atoms with Crippen molar-refractivity contribution in [3.8, 4) is 11.5 Å². The van der Waals surface area contributed by atoms with E-state index in [0.717, 1.165) is 0 Å². The van der Waals surface area contributed by atoms with E-state index in [4.69, 9.17) is 13.9 Å². The Hall–Kier alpha value is -3.48. The third-order valence-corrected chi connectivity index (χ3v) is 4.01. The van der Waals surface area contributed by atoms with Crippen molar-refractivity contribution in [1.29, 1.82) is 0 Å². The lowest BCUT2D eigenvalue weighted by Gasteiger charge is -2.13. The molecule has 3 rings (SSSR count). The first-order valence-electron chi connectivity index (χ1n) is 8.30. The van der Waals surface area contributed by atoms with E-state index in [1.807, 2.05) is 0 Å². The summed E-state index contributed by atoms with van der Waals surface area (Å²) < 4.78 is 15.6. The predicted octanol–water partition coefficient (Wildman–Crippen LogP) is 3.26. The lowest BCUT2D eigenvalue weighted by atomic mass is 10.1. The van der Waals surface area contributed by atoms with Gasteiger partial charge in [0.15, 0.2) is 6.10 Å². The van der Waals surface area contributed by atoms with E-state index >= 15 is 0 Å². The first-order valence-corrected chi connectivity index (χ1v) is 8.30. The van der Waals surface area contributed by atoms with Gasteiger partial charge in [0, 0.05) is 22.7 Å². The molecule has 1 aromatic heterocycles. The van der Waals surface area contributed by atoms with Crippen LogP contribution in [-0.2, 0) is 20.7 Å². The Morgan fingerprint density at radius 3 is 2.63 bits per heavy atom. The number of ether oxygens (including phenoxy) is 2. The number of nitrogens with one attached hydrogen (secondary N) is 1. The molecule has 0 aliphatic rings. The van der Waals surface area contributed by atoms with E-state index in [1.165, 1.54) is 25.3 Å². The summed E-state index contributed by atoms with van der Waals surface area (Å²) in [5.74, 6) is -0.235. The molecular formula is C20H19NO6. The molecule has 0 unspecified atom stereocenters. The molecule has 0 spiro atoms. The smallest absolute Gasteiger partial charge is 0.311 e. The summed E-state index contributed by atoms with van der Waals surface area (Å²) in [6.07, 6.45) is 0.438. The number of rotatable bonds is 6. The maximum Gasteiger partial charge on any atom is 0.311 e. The Morgan fingerprint density at radius 2 is 1.93 bits per heavy atom. The highest BCUT2D eigenvalue weighted by Gasteiger charge is 2.19. The van der Waals surface area contributed by atoms with Gasteiger partial charge in [-0.05, 0) is 43.3 Å². The molecule has 27 heavy (non-hydrogen) atoms. The number of carbonyl (C=O) groups is 2. The summed E-state index contributed by atoms with van der Waals surface area (Å²) in [4.78, 5) is 24.4. The van der Waals surface area contributed by atoms with Crippen molar-refractivity contribution in [2.75, 3.05) is 12.4 Å². The number of hydrogen-bond acceptors (Lipinski definition) is 6. The molecule has 0 aliphatic carbocycles. The fourth-order valence-electron chi connectivity index (χ4n) is 2.57. The average molecular weight is 369 g/mol. The normalized spacial score (nSPS) is 11.8. The molecule has 0 radical (unpaired) electrons. The Balaban J connectivity index is 1.58. The summed E-state index contributed by atoms with van der Waals surface area (Å²) in [6, 6.07) is 11.5. The Labute approximate surface area is 155 Å². The lowest BCUT2D eigenvalue weighted by Crippen LogP contribution is -2.30. The highest BCUT2D eigenvalue weighted by molar-refractivity contribution is 5.95. The molecule has 2 N–H and O–H groups in total. The van der Waals surface area contributed by atoms with Crippen molar-refractivity contribution in [2.24, 2.45) is 0 Å². The molecule has 1 atom stereocenters. The molecule has 2 aromatic carbocycles. The van der Waals surface area contributed by atoms with Crippen molar-refractivity contribution in [1.82, 2.24) is 0 Å². The fraction of sp³-hybridized carbons (Fsp3) is 0.200. The van der Waals surface area contributed by atoms with Crippen LogP contribution in [0.3, 0.4) is 0 Å². The second-order valence-electron chi connectivity index (χ2n) is 5.97. The number of phenolic OH excluding ortho intramolecular Hbond substituents is 1. The van der Waals surface area contributed by atoms with Gasteiger partial charge < -0.3 is 24.3 Å². The van der Waals surface area contributed by atoms with Crippen LogP contribution in [-0.4, -0.2) is 30.2 Å². The Bertz CT molecular complexity index is 960. The molecule has 0 saturated carbocycles. The van der Waals surface area contributed by atoms with Crippen LogP contribution in [0.5, 0.6) is 11.5 Å². The zero-order chi connectivity index (χ0) is 19.4. The Morgan fingerprint density at radius 1 is 1.19 bits per heavy atom. The summed E-state index contributed by atoms with van der Waals surface area (Å²) in [5.41, 5.74) is 1.67. The highest BCUT2D eigenvalue weighted by Crippen LogP contribution is 2.25. The van der Waals surface area contributed by atoms with Crippen LogP contribution in [0.25, 0.3) is 11.0 Å². The minimum absolute atomic E-state index is 0.0437. The van der Waals surface area contributed by atoms with Crippen molar-refractivity contribution < 1.29 is 28.6 Å². The molecular weight excluding hydrogens is 350 g/mol. The van der Waals surface area contributed by atoms with Crippen molar-refractivity contribution in [3.63, 3.8) is 0 Å². The van der Waals surface area contributed by atoms with Crippen LogP contribution in [0.4, 0.5) is 5.69 Å². The molecule has 7 heteroatoms. The number of aromatic hydroxyl groups is 1. The lowest BCUT2D eigenvalue weighted by molar-refractivity contribution is -0.152. The SMILES string of the molecule is COc1ccc(NC(=O)[C@@H](C)OC(=O)Cc2coc3cc(O)ccc23)cc1. The van der Waals surface area contributed by atoms with Crippen molar-refractivity contribution in [2.45, 2.75) is 19.4 Å². The molecule has 3 aromatic rings. The monoisotopic (exact) mass is 369 g/mol. The number of esters is 1. The largest absolute Gasteiger partial charge is 0.508 e. The van der Waals surface area contributed by atoms with Gasteiger partial charge in [0.2, 0.25) is 0 Å². The third-order valence-electron chi connectivity index (χ3n) is 4.01. The summed E-state index contributed by atoms with van der Waals surface area (Å²) in [7, 11) is 1.56. The van der Waals surface area contributed by atoms with Crippen LogP contribution >= 0.6 is 0 Å². The second-order valence-corrected chi connectivity index (χ2v) is 5.97. The fourth-order valence-corrected chi connectivity index (χ4v) is 2.57. The minimum atomic E-state index is -0.957. The number of furan rings is 1. The van der Waals surface area contributed by atoms with Crippen molar-refractivity contribution >= 4 is 28.5 Å². The molecule has 0 aliphatic heterocycles. The van der Waals surface area contributed by atoms with Gasteiger partial charge in [0.1, 0.15) is 17.1 Å².